The van der Waals surface area contributed by atoms with E-state index in [0.717, 1.165) is 25.7 Å². The number of halogens is 2. The molecule has 0 saturated heterocycles. The Morgan fingerprint density at radius 1 is 1.35 bits per heavy atom. The zero-order chi connectivity index (χ0) is 14.6. The van der Waals surface area contributed by atoms with Crippen molar-refractivity contribution in [2.24, 2.45) is 0 Å². The van der Waals surface area contributed by atoms with Gasteiger partial charge in [-0.25, -0.2) is 0 Å². The minimum Gasteiger partial charge on any atom is -0.434 e. The molecule has 0 radical (unpaired) electrons. The average molecular weight is 285 g/mol. The number of benzene rings is 1. The minimum atomic E-state index is -2.83. The molecule has 0 aromatic heterocycles. The second kappa shape index (κ2) is 6.50. The summed E-state index contributed by atoms with van der Waals surface area (Å²) in [5.41, 5.74) is 0.726. The molecule has 2 N–H and O–H groups in total. The van der Waals surface area contributed by atoms with Gasteiger partial charge in [0.25, 0.3) is 0 Å². The van der Waals surface area contributed by atoms with Crippen molar-refractivity contribution in [3.8, 4) is 5.75 Å². The molecular formula is C15H21F2NO2. The molecule has 112 valence electrons. The van der Waals surface area contributed by atoms with Gasteiger partial charge in [-0.15, -0.1) is 0 Å². The normalized spacial score (nSPS) is 17.6. The van der Waals surface area contributed by atoms with Gasteiger partial charge in [-0.3, -0.25) is 0 Å². The lowest BCUT2D eigenvalue weighted by Crippen LogP contribution is -2.37. The Morgan fingerprint density at radius 2 is 2.05 bits per heavy atom. The summed E-state index contributed by atoms with van der Waals surface area (Å²) in [7, 11) is 0. The number of ether oxygens (including phenoxy) is 1. The highest BCUT2D eigenvalue weighted by atomic mass is 19.3. The van der Waals surface area contributed by atoms with E-state index in [0.29, 0.717) is 24.2 Å². The summed E-state index contributed by atoms with van der Waals surface area (Å²) in [5.74, 6) is 0.230. The predicted molar refractivity (Wildman–Crippen MR) is 72.9 cm³/mol. The smallest absolute Gasteiger partial charge is 0.387 e. The van der Waals surface area contributed by atoms with Crippen LogP contribution < -0.4 is 10.1 Å². The molecule has 0 heterocycles. The Bertz CT molecular complexity index is 445. The maximum atomic E-state index is 12.4. The van der Waals surface area contributed by atoms with Crippen LogP contribution in [0.1, 0.15) is 36.8 Å². The molecule has 1 aliphatic carbocycles. The molecule has 1 aromatic rings. The van der Waals surface area contributed by atoms with Crippen LogP contribution in [0.15, 0.2) is 18.2 Å². The first kappa shape index (κ1) is 15.2. The Balaban J connectivity index is 1.96. The molecule has 2 rings (SSSR count). The van der Waals surface area contributed by atoms with Crippen LogP contribution in [-0.2, 0) is 6.54 Å². The Morgan fingerprint density at radius 3 is 2.70 bits per heavy atom. The molecule has 0 unspecified atom stereocenters. The second-order valence-corrected chi connectivity index (χ2v) is 5.48. The van der Waals surface area contributed by atoms with Gasteiger partial charge in [-0.2, -0.15) is 8.78 Å². The number of aryl methyl sites for hydroxylation is 1. The van der Waals surface area contributed by atoms with Crippen molar-refractivity contribution in [2.75, 3.05) is 6.54 Å². The lowest BCUT2D eigenvalue weighted by molar-refractivity contribution is -0.0510. The van der Waals surface area contributed by atoms with Gasteiger partial charge in [0.15, 0.2) is 0 Å². The standard InChI is InChI=1S/C15H21F2NO2/c1-11-5-4-6-12(13(11)20-14(16)17)9-18-10-15(19)7-2-3-8-15/h4-6,14,18-19H,2-3,7-10H2,1H3. The summed E-state index contributed by atoms with van der Waals surface area (Å²) in [6, 6.07) is 5.32. The monoisotopic (exact) mass is 285 g/mol. The predicted octanol–water partition coefficient (Wildman–Crippen LogP) is 2.99. The van der Waals surface area contributed by atoms with Crippen LogP contribution in [0, 0.1) is 6.92 Å². The van der Waals surface area contributed by atoms with Crippen LogP contribution in [-0.4, -0.2) is 23.9 Å². The molecule has 3 nitrogen and oxygen atoms in total. The number of alkyl halides is 2. The number of hydrogen-bond donors (Lipinski definition) is 2. The van der Waals surface area contributed by atoms with Crippen LogP contribution in [0.4, 0.5) is 8.78 Å². The average Bonchev–Trinajstić information content (AvgIpc) is 2.80. The first-order valence-corrected chi connectivity index (χ1v) is 6.97. The molecule has 0 bridgehead atoms. The fourth-order valence-corrected chi connectivity index (χ4v) is 2.75. The third-order valence-corrected chi connectivity index (χ3v) is 3.80. The van der Waals surface area contributed by atoms with Crippen LogP contribution in [0.3, 0.4) is 0 Å². The first-order valence-electron chi connectivity index (χ1n) is 6.97. The molecule has 5 heteroatoms. The van der Waals surface area contributed by atoms with Crippen molar-refractivity contribution in [1.29, 1.82) is 0 Å². The van der Waals surface area contributed by atoms with Gasteiger partial charge >= 0.3 is 6.61 Å². The largest absolute Gasteiger partial charge is 0.434 e. The third-order valence-electron chi connectivity index (χ3n) is 3.80. The molecule has 20 heavy (non-hydrogen) atoms. The van der Waals surface area contributed by atoms with E-state index < -0.39 is 12.2 Å². The highest BCUT2D eigenvalue weighted by Crippen LogP contribution is 2.29. The lowest BCUT2D eigenvalue weighted by Gasteiger charge is -2.23. The van der Waals surface area contributed by atoms with Crippen LogP contribution in [0.2, 0.25) is 0 Å². The minimum absolute atomic E-state index is 0.230. The van der Waals surface area contributed by atoms with Crippen molar-refractivity contribution < 1.29 is 18.6 Å². The number of aliphatic hydroxyl groups is 1. The van der Waals surface area contributed by atoms with E-state index in [9.17, 15) is 13.9 Å². The highest BCUT2D eigenvalue weighted by molar-refractivity contribution is 5.40. The summed E-state index contributed by atoms with van der Waals surface area (Å²) in [5, 5.41) is 13.4. The molecule has 0 aliphatic heterocycles. The van der Waals surface area contributed by atoms with Crippen molar-refractivity contribution in [1.82, 2.24) is 5.32 Å². The van der Waals surface area contributed by atoms with Crippen LogP contribution in [0.25, 0.3) is 0 Å². The van der Waals surface area contributed by atoms with E-state index in [4.69, 9.17) is 0 Å². The SMILES string of the molecule is Cc1cccc(CNCC2(O)CCCC2)c1OC(F)F. The maximum Gasteiger partial charge on any atom is 0.387 e. The van der Waals surface area contributed by atoms with E-state index in [1.807, 2.05) is 6.07 Å². The molecule has 0 atom stereocenters. The quantitative estimate of drug-likeness (QED) is 0.844. The number of para-hydroxylation sites is 1. The molecule has 0 spiro atoms. The van der Waals surface area contributed by atoms with E-state index in [1.165, 1.54) is 0 Å². The number of hydrogen-bond acceptors (Lipinski definition) is 3. The topological polar surface area (TPSA) is 41.5 Å². The summed E-state index contributed by atoms with van der Waals surface area (Å²) in [4.78, 5) is 0. The molecule has 1 saturated carbocycles. The maximum absolute atomic E-state index is 12.4. The summed E-state index contributed by atoms with van der Waals surface area (Å²) in [6.45, 7) is -0.193. The van der Waals surface area contributed by atoms with Crippen molar-refractivity contribution in [3.63, 3.8) is 0 Å². The molecule has 1 aromatic carbocycles. The van der Waals surface area contributed by atoms with E-state index in [1.54, 1.807) is 19.1 Å². The Hall–Kier alpha value is -1.20. The molecule has 1 aliphatic rings. The molecular weight excluding hydrogens is 264 g/mol. The van der Waals surface area contributed by atoms with E-state index in [-0.39, 0.29) is 5.75 Å². The van der Waals surface area contributed by atoms with Crippen molar-refractivity contribution >= 4 is 0 Å². The van der Waals surface area contributed by atoms with Gasteiger partial charge in [0.2, 0.25) is 0 Å². The second-order valence-electron chi connectivity index (χ2n) is 5.48. The number of rotatable bonds is 6. The van der Waals surface area contributed by atoms with Crippen LogP contribution >= 0.6 is 0 Å². The molecule has 1 fully saturated rings. The first-order chi connectivity index (χ1) is 9.50. The zero-order valence-corrected chi connectivity index (χ0v) is 11.7. The summed E-state index contributed by atoms with van der Waals surface area (Å²) >= 11 is 0. The highest BCUT2D eigenvalue weighted by Gasteiger charge is 2.30. The van der Waals surface area contributed by atoms with Crippen molar-refractivity contribution in [3.05, 3.63) is 29.3 Å². The van der Waals surface area contributed by atoms with Crippen LogP contribution in [0.5, 0.6) is 5.75 Å². The summed E-state index contributed by atoms with van der Waals surface area (Å²) < 4.78 is 29.4. The van der Waals surface area contributed by atoms with Gasteiger partial charge in [-0.1, -0.05) is 31.0 Å². The lowest BCUT2D eigenvalue weighted by atomic mass is 10.0. The zero-order valence-electron chi connectivity index (χ0n) is 11.7. The Labute approximate surface area is 117 Å². The van der Waals surface area contributed by atoms with Gasteiger partial charge in [-0.05, 0) is 25.3 Å². The number of nitrogens with one attached hydrogen (secondary N) is 1. The molecule has 0 amide bonds. The van der Waals surface area contributed by atoms with Gasteiger partial charge < -0.3 is 15.2 Å². The van der Waals surface area contributed by atoms with E-state index >= 15 is 0 Å². The Kier molecular flexibility index (Phi) is 4.94. The summed E-state index contributed by atoms with van der Waals surface area (Å²) in [6.07, 6.45) is 3.69. The third kappa shape index (κ3) is 3.90. The van der Waals surface area contributed by atoms with Gasteiger partial charge in [0.1, 0.15) is 5.75 Å². The fraction of sp³-hybridized carbons (Fsp3) is 0.600. The van der Waals surface area contributed by atoms with Crippen molar-refractivity contribution in [2.45, 2.75) is 51.4 Å². The fourth-order valence-electron chi connectivity index (χ4n) is 2.75. The van der Waals surface area contributed by atoms with E-state index in [2.05, 4.69) is 10.1 Å². The van der Waals surface area contributed by atoms with Gasteiger partial charge in [0.05, 0.1) is 5.60 Å². The van der Waals surface area contributed by atoms with Gasteiger partial charge in [0, 0.05) is 18.7 Å².